The maximum Gasteiger partial charge on any atom is 0.0730 e. The van der Waals surface area contributed by atoms with E-state index in [1.54, 1.807) is 12.3 Å². The zero-order valence-corrected chi connectivity index (χ0v) is 12.2. The molecule has 6 heteroatoms. The molecule has 2 saturated heterocycles. The average molecular weight is 302 g/mol. The molecule has 0 saturated carbocycles. The number of rotatable bonds is 2. The van der Waals surface area contributed by atoms with E-state index in [4.69, 9.17) is 27.9 Å². The van der Waals surface area contributed by atoms with Gasteiger partial charge in [-0.1, -0.05) is 23.2 Å². The lowest BCUT2D eigenvalue weighted by Gasteiger charge is -2.43. The Hall–Kier alpha value is -0.390. The van der Waals surface area contributed by atoms with E-state index in [2.05, 4.69) is 14.8 Å². The predicted octanol–water partition coefficient (Wildman–Crippen LogP) is 1.90. The van der Waals surface area contributed by atoms with Gasteiger partial charge in [-0.25, -0.2) is 0 Å². The molecule has 0 N–H and O–H groups in total. The summed E-state index contributed by atoms with van der Waals surface area (Å²) < 4.78 is 5.55. The van der Waals surface area contributed by atoms with E-state index in [0.29, 0.717) is 16.1 Å². The summed E-state index contributed by atoms with van der Waals surface area (Å²) in [5, 5.41) is 1.23. The van der Waals surface area contributed by atoms with Crippen LogP contribution in [0.2, 0.25) is 10.0 Å². The lowest BCUT2D eigenvalue weighted by atomic mass is 10.1. The van der Waals surface area contributed by atoms with Crippen molar-refractivity contribution in [1.82, 2.24) is 14.8 Å². The molecule has 1 aromatic rings. The Bertz CT molecular complexity index is 458. The van der Waals surface area contributed by atoms with Gasteiger partial charge < -0.3 is 4.74 Å². The Labute approximate surface area is 123 Å². The highest BCUT2D eigenvalue weighted by molar-refractivity contribution is 6.34. The van der Waals surface area contributed by atoms with Crippen molar-refractivity contribution < 1.29 is 4.74 Å². The smallest absolute Gasteiger partial charge is 0.0730 e. The maximum absolute atomic E-state index is 6.18. The van der Waals surface area contributed by atoms with Gasteiger partial charge in [0.25, 0.3) is 0 Å². The number of nitrogens with zero attached hydrogens (tertiary/aromatic N) is 3. The van der Waals surface area contributed by atoms with E-state index >= 15 is 0 Å². The number of piperazine rings is 1. The molecule has 0 radical (unpaired) electrons. The van der Waals surface area contributed by atoms with E-state index in [1.807, 2.05) is 0 Å². The number of pyridine rings is 1. The normalized spacial score (nSPS) is 25.3. The second-order valence-electron chi connectivity index (χ2n) is 5.08. The van der Waals surface area contributed by atoms with Crippen molar-refractivity contribution in [2.75, 3.05) is 39.4 Å². The summed E-state index contributed by atoms with van der Waals surface area (Å²) in [7, 11) is 0. The topological polar surface area (TPSA) is 28.6 Å². The molecule has 4 nitrogen and oxygen atoms in total. The number of morpholine rings is 1. The zero-order valence-electron chi connectivity index (χ0n) is 10.7. The number of fused-ring (bicyclic) bond motifs is 1. The monoisotopic (exact) mass is 301 g/mol. The van der Waals surface area contributed by atoms with Gasteiger partial charge >= 0.3 is 0 Å². The first-order valence-electron chi connectivity index (χ1n) is 6.56. The Kier molecular flexibility index (Phi) is 4.24. The van der Waals surface area contributed by atoms with Crippen molar-refractivity contribution in [1.29, 1.82) is 0 Å². The van der Waals surface area contributed by atoms with Gasteiger partial charge in [0.2, 0.25) is 0 Å². The van der Waals surface area contributed by atoms with Crippen LogP contribution in [-0.2, 0) is 11.3 Å². The molecule has 0 amide bonds. The molecule has 0 aromatic carbocycles. The molecule has 2 aliphatic heterocycles. The SMILES string of the molecule is Clc1cnc(CN2CCN3CCOCC3C2)c(Cl)c1. The highest BCUT2D eigenvalue weighted by atomic mass is 35.5. The minimum atomic E-state index is 0.508. The zero-order chi connectivity index (χ0) is 13.2. The third-order valence-electron chi connectivity index (χ3n) is 3.78. The molecule has 0 spiro atoms. The lowest BCUT2D eigenvalue weighted by Crippen LogP contribution is -2.57. The fourth-order valence-corrected chi connectivity index (χ4v) is 3.17. The molecular formula is C13H17Cl2N3O. The van der Waals surface area contributed by atoms with E-state index in [-0.39, 0.29) is 0 Å². The van der Waals surface area contributed by atoms with Crippen LogP contribution in [0.3, 0.4) is 0 Å². The molecule has 0 aliphatic carbocycles. The Morgan fingerprint density at radius 2 is 2.21 bits per heavy atom. The summed E-state index contributed by atoms with van der Waals surface area (Å²) in [6, 6.07) is 2.26. The summed E-state index contributed by atoms with van der Waals surface area (Å²) >= 11 is 12.0. The first-order valence-corrected chi connectivity index (χ1v) is 7.32. The van der Waals surface area contributed by atoms with Crippen LogP contribution in [0.4, 0.5) is 0 Å². The van der Waals surface area contributed by atoms with Crippen LogP contribution in [0.25, 0.3) is 0 Å². The van der Waals surface area contributed by atoms with Crippen LogP contribution in [0.5, 0.6) is 0 Å². The number of aromatic nitrogens is 1. The predicted molar refractivity (Wildman–Crippen MR) is 75.7 cm³/mol. The van der Waals surface area contributed by atoms with Crippen molar-refractivity contribution in [3.8, 4) is 0 Å². The van der Waals surface area contributed by atoms with Gasteiger partial charge in [0.05, 0.1) is 29.0 Å². The van der Waals surface area contributed by atoms with Gasteiger partial charge in [0, 0.05) is 45.0 Å². The van der Waals surface area contributed by atoms with Gasteiger partial charge in [0.1, 0.15) is 0 Å². The van der Waals surface area contributed by atoms with E-state index in [9.17, 15) is 0 Å². The number of ether oxygens (including phenoxy) is 1. The van der Waals surface area contributed by atoms with Crippen LogP contribution >= 0.6 is 23.2 Å². The Morgan fingerprint density at radius 3 is 3.05 bits per heavy atom. The molecule has 104 valence electrons. The van der Waals surface area contributed by atoms with Crippen molar-refractivity contribution in [3.05, 3.63) is 28.0 Å². The Balaban J connectivity index is 1.64. The van der Waals surface area contributed by atoms with Crippen molar-refractivity contribution in [2.24, 2.45) is 0 Å². The molecule has 2 fully saturated rings. The van der Waals surface area contributed by atoms with Crippen LogP contribution in [-0.4, -0.2) is 60.2 Å². The van der Waals surface area contributed by atoms with Crippen molar-refractivity contribution >= 4 is 23.2 Å². The van der Waals surface area contributed by atoms with Crippen LogP contribution in [0.15, 0.2) is 12.3 Å². The average Bonchev–Trinajstić information content (AvgIpc) is 2.42. The van der Waals surface area contributed by atoms with Crippen LogP contribution in [0, 0.1) is 0 Å². The first kappa shape index (κ1) is 13.6. The summed E-state index contributed by atoms with van der Waals surface area (Å²) in [4.78, 5) is 9.22. The van der Waals surface area contributed by atoms with E-state index in [0.717, 1.165) is 51.6 Å². The van der Waals surface area contributed by atoms with Gasteiger partial charge in [-0.2, -0.15) is 0 Å². The summed E-state index contributed by atoms with van der Waals surface area (Å²) in [5.41, 5.74) is 0.899. The summed E-state index contributed by atoms with van der Waals surface area (Å²) in [6.07, 6.45) is 1.66. The van der Waals surface area contributed by atoms with Crippen LogP contribution < -0.4 is 0 Å². The lowest BCUT2D eigenvalue weighted by molar-refractivity contribution is -0.0463. The molecule has 1 unspecified atom stereocenters. The van der Waals surface area contributed by atoms with Gasteiger partial charge in [-0.15, -0.1) is 0 Å². The minimum Gasteiger partial charge on any atom is -0.378 e. The molecular weight excluding hydrogens is 285 g/mol. The van der Waals surface area contributed by atoms with Crippen molar-refractivity contribution in [2.45, 2.75) is 12.6 Å². The van der Waals surface area contributed by atoms with E-state index < -0.39 is 0 Å². The molecule has 2 aliphatic rings. The highest BCUT2D eigenvalue weighted by Gasteiger charge is 2.29. The second kappa shape index (κ2) is 5.94. The molecule has 1 atom stereocenters. The molecule has 19 heavy (non-hydrogen) atoms. The van der Waals surface area contributed by atoms with Gasteiger partial charge in [-0.3, -0.25) is 14.8 Å². The molecule has 0 bridgehead atoms. The van der Waals surface area contributed by atoms with Gasteiger partial charge in [0.15, 0.2) is 0 Å². The number of hydrogen-bond donors (Lipinski definition) is 0. The quantitative estimate of drug-likeness (QED) is 0.834. The molecule has 3 heterocycles. The van der Waals surface area contributed by atoms with Crippen LogP contribution in [0.1, 0.15) is 5.69 Å². The Morgan fingerprint density at radius 1 is 1.32 bits per heavy atom. The van der Waals surface area contributed by atoms with Gasteiger partial charge in [-0.05, 0) is 6.07 Å². The fourth-order valence-electron chi connectivity index (χ4n) is 2.73. The third-order valence-corrected chi connectivity index (χ3v) is 4.31. The maximum atomic E-state index is 6.18. The summed E-state index contributed by atoms with van der Waals surface area (Å²) in [5.74, 6) is 0. The van der Waals surface area contributed by atoms with Crippen molar-refractivity contribution in [3.63, 3.8) is 0 Å². The summed E-state index contributed by atoms with van der Waals surface area (Å²) in [6.45, 7) is 6.69. The highest BCUT2D eigenvalue weighted by Crippen LogP contribution is 2.21. The standard InChI is InChI=1S/C13H17Cl2N3O/c14-10-5-12(15)13(16-6-10)8-17-1-2-18-3-4-19-9-11(18)7-17/h5-6,11H,1-4,7-9H2. The third kappa shape index (κ3) is 3.20. The number of halogens is 2. The molecule has 3 rings (SSSR count). The minimum absolute atomic E-state index is 0.508. The molecule has 1 aromatic heterocycles. The fraction of sp³-hybridized carbons (Fsp3) is 0.615. The second-order valence-corrected chi connectivity index (χ2v) is 5.93. The largest absolute Gasteiger partial charge is 0.378 e. The number of hydrogen-bond acceptors (Lipinski definition) is 4. The van der Waals surface area contributed by atoms with E-state index in [1.165, 1.54) is 0 Å². The first-order chi connectivity index (χ1) is 9.22.